The van der Waals surface area contributed by atoms with Gasteiger partial charge in [0.1, 0.15) is 11.3 Å². The van der Waals surface area contributed by atoms with Crippen LogP contribution in [0.2, 0.25) is 0 Å². The van der Waals surface area contributed by atoms with Crippen LogP contribution in [0, 0.1) is 11.8 Å². The number of aliphatic hydroxyl groups is 4. The number of fused-ring (bicyclic) bond motifs is 3. The Balaban J connectivity index is 0.00000324. The number of Topliss-reactive ketones (excluding diaryl/α,β-unsaturated/α-hetero) is 2. The largest absolute Gasteiger partial charge is 1.00 e. The van der Waals surface area contributed by atoms with Crippen molar-refractivity contribution >= 4 is 23.2 Å². The van der Waals surface area contributed by atoms with Crippen molar-refractivity contribution in [3.63, 3.8) is 0 Å². The third kappa shape index (κ3) is 4.50. The van der Waals surface area contributed by atoms with E-state index in [1.165, 1.54) is 38.1 Å². The zero-order chi connectivity index (χ0) is 24.8. The molecule has 6 atom stereocenters. The summed E-state index contributed by atoms with van der Waals surface area (Å²) in [6.07, 6.45) is -1.93. The van der Waals surface area contributed by atoms with Crippen molar-refractivity contribution < 1.29 is 115 Å². The summed E-state index contributed by atoms with van der Waals surface area (Å²) in [5.41, 5.74) is -2.47. The molecule has 1 saturated carbocycles. The fourth-order valence-electron chi connectivity index (χ4n) is 5.56. The molecule has 1 fully saturated rings. The van der Waals surface area contributed by atoms with E-state index in [0.717, 1.165) is 6.07 Å². The van der Waals surface area contributed by atoms with Crippen molar-refractivity contribution in [1.82, 2.24) is 4.90 Å². The zero-order valence-electron chi connectivity index (χ0n) is 20.9. The number of nitrogens with two attached hydrogens (primary N) is 1. The third-order valence-corrected chi connectivity index (χ3v) is 7.00. The van der Waals surface area contributed by atoms with Crippen molar-refractivity contribution in [2.24, 2.45) is 17.6 Å². The van der Waals surface area contributed by atoms with E-state index in [1.807, 2.05) is 0 Å². The quantitative estimate of drug-likeness (QED) is 0.174. The molecule has 15 heteroatoms. The van der Waals surface area contributed by atoms with Gasteiger partial charge in [0.25, 0.3) is 5.91 Å². The van der Waals surface area contributed by atoms with Crippen molar-refractivity contribution in [3.8, 4) is 5.75 Å². The van der Waals surface area contributed by atoms with Gasteiger partial charge in [-0.25, -0.2) is 0 Å². The second-order valence-corrected chi connectivity index (χ2v) is 9.02. The SMILES string of the molecule is CN(C)[C@@H]1C(=O)C(C(N)=O)=C(O)[C@@]2(O)C(=O)C3=C([O-])c4c([O-])cccc4[C@@](C)(O)[C@H]3[C@H](O)C12.O.O.[Na+].[Na+]. The maximum atomic E-state index is 13.6. The minimum Gasteiger partial charge on any atom is -0.872 e. The summed E-state index contributed by atoms with van der Waals surface area (Å²) < 4.78 is 0. The fourth-order valence-corrected chi connectivity index (χ4v) is 5.56. The molecule has 0 aromatic heterocycles. The number of ketones is 2. The van der Waals surface area contributed by atoms with Gasteiger partial charge in [-0.2, -0.15) is 0 Å². The molecule has 37 heavy (non-hydrogen) atoms. The standard InChI is InChI=1S/C22H24N2O9.2Na.2H2O/c1-21(32)7-5-4-6-8(25)9(7)15(26)10-12(21)17(28)13-14(24(2)3)16(27)11(20(23)31)19(30)22(13,33)18(10)29;;;;/h4-6,12-14,17,25-26,28,30,32-33H,1-3H3,(H2,23,31);;;2*1H2/q;2*+1;;/p-2/t12-,13?,14+,17+,21-,22+;;;;/m1..../s1. The molecule has 0 aliphatic heterocycles. The predicted molar refractivity (Wildman–Crippen MR) is 114 cm³/mol. The molecule has 3 aliphatic rings. The summed E-state index contributed by atoms with van der Waals surface area (Å²) >= 11 is 0. The van der Waals surface area contributed by atoms with Crippen LogP contribution in [0.15, 0.2) is 35.1 Å². The second-order valence-electron chi connectivity index (χ2n) is 9.02. The van der Waals surface area contributed by atoms with E-state index in [9.17, 15) is 45.0 Å². The first kappa shape index (κ1) is 35.7. The molecule has 1 aromatic rings. The normalized spacial score (nSPS) is 32.1. The summed E-state index contributed by atoms with van der Waals surface area (Å²) in [7, 11) is 2.76. The Labute approximate surface area is 255 Å². The summed E-state index contributed by atoms with van der Waals surface area (Å²) in [4.78, 5) is 39.8. The van der Waals surface area contributed by atoms with E-state index < -0.39 is 86.6 Å². The molecule has 13 nitrogen and oxygen atoms in total. The van der Waals surface area contributed by atoms with Gasteiger partial charge < -0.3 is 47.3 Å². The Morgan fingerprint density at radius 3 is 2.14 bits per heavy atom. The van der Waals surface area contributed by atoms with Gasteiger partial charge in [0.15, 0.2) is 17.2 Å². The molecule has 1 unspecified atom stereocenters. The number of carbonyl (C=O) groups excluding carboxylic acids is 3. The molecule has 4 rings (SSSR count). The van der Waals surface area contributed by atoms with Crippen LogP contribution in [0.4, 0.5) is 0 Å². The van der Waals surface area contributed by atoms with E-state index in [4.69, 9.17) is 5.73 Å². The van der Waals surface area contributed by atoms with Gasteiger partial charge in [-0.05, 0) is 32.1 Å². The van der Waals surface area contributed by atoms with Gasteiger partial charge in [-0.15, -0.1) is 5.75 Å². The Morgan fingerprint density at radius 1 is 1.11 bits per heavy atom. The van der Waals surface area contributed by atoms with Crippen LogP contribution in [0.5, 0.6) is 5.75 Å². The van der Waals surface area contributed by atoms with Crippen LogP contribution in [-0.4, -0.2) is 85.6 Å². The van der Waals surface area contributed by atoms with Gasteiger partial charge in [0, 0.05) is 11.5 Å². The Bertz CT molecular complexity index is 1200. The van der Waals surface area contributed by atoms with Gasteiger partial charge in [-0.1, -0.05) is 24.0 Å². The van der Waals surface area contributed by atoms with Crippen LogP contribution in [0.3, 0.4) is 0 Å². The average molecular weight is 540 g/mol. The molecule has 192 valence electrons. The molecule has 0 heterocycles. The predicted octanol–water partition coefficient (Wildman–Crippen LogP) is -10.9. The van der Waals surface area contributed by atoms with Crippen LogP contribution < -0.4 is 75.1 Å². The number of primary amides is 1. The number of aliphatic hydroxyl groups excluding tert-OH is 2. The molecule has 10 N–H and O–H groups in total. The first-order valence-electron chi connectivity index (χ1n) is 10.0. The van der Waals surface area contributed by atoms with Gasteiger partial charge in [0.2, 0.25) is 0 Å². The van der Waals surface area contributed by atoms with E-state index in [0.29, 0.717) is 0 Å². The number of amides is 1. The van der Waals surface area contributed by atoms with E-state index in [1.54, 1.807) is 0 Å². The monoisotopic (exact) mass is 540 g/mol. The van der Waals surface area contributed by atoms with Gasteiger partial charge in [0.05, 0.1) is 23.7 Å². The Kier molecular flexibility index (Phi) is 11.0. The van der Waals surface area contributed by atoms with E-state index in [-0.39, 0.29) is 75.6 Å². The summed E-state index contributed by atoms with van der Waals surface area (Å²) in [6, 6.07) is 2.15. The second kappa shape index (κ2) is 11.4. The topological polar surface area (TPSA) is 271 Å². The number of likely N-dealkylation sites (N-methyl/N-ethyl adjacent to an activating group) is 1. The molecule has 3 aliphatic carbocycles. The summed E-state index contributed by atoms with van der Waals surface area (Å²) in [5, 5.41) is 70.6. The minimum absolute atomic E-state index is 0. The number of rotatable bonds is 2. The number of benzene rings is 1. The number of carbonyl (C=O) groups is 3. The number of nitrogens with zero attached hydrogens (tertiary/aromatic N) is 1. The van der Waals surface area contributed by atoms with Crippen LogP contribution >= 0.6 is 0 Å². The van der Waals surface area contributed by atoms with Crippen molar-refractivity contribution in [2.45, 2.75) is 30.3 Å². The molecule has 0 radical (unpaired) electrons. The molecule has 0 spiro atoms. The smallest absolute Gasteiger partial charge is 0.872 e. The first-order chi connectivity index (χ1) is 15.2. The molecule has 0 saturated heterocycles. The minimum atomic E-state index is -3.08. The van der Waals surface area contributed by atoms with Gasteiger partial charge >= 0.3 is 59.1 Å². The average Bonchev–Trinajstić information content (AvgIpc) is 2.70. The van der Waals surface area contributed by atoms with Crippen LogP contribution in [0.25, 0.3) is 5.76 Å². The first-order valence-corrected chi connectivity index (χ1v) is 10.0. The Morgan fingerprint density at radius 2 is 1.65 bits per heavy atom. The van der Waals surface area contributed by atoms with Crippen molar-refractivity contribution in [1.29, 1.82) is 0 Å². The Hall–Kier alpha value is -1.33. The summed E-state index contributed by atoms with van der Waals surface area (Å²) in [5.74, 6) is -10.6. The molecule has 1 aromatic carbocycles. The molecular formula is C22H26N2Na2O11. The van der Waals surface area contributed by atoms with Crippen molar-refractivity contribution in [2.75, 3.05) is 14.1 Å². The van der Waals surface area contributed by atoms with E-state index in [2.05, 4.69) is 0 Å². The van der Waals surface area contributed by atoms with Crippen LogP contribution in [-0.2, 0) is 20.0 Å². The summed E-state index contributed by atoms with van der Waals surface area (Å²) in [6.45, 7) is 1.20. The maximum Gasteiger partial charge on any atom is 1.00 e. The number of hydrogen-bond donors (Lipinski definition) is 5. The maximum absolute atomic E-state index is 13.6. The van der Waals surface area contributed by atoms with Crippen LogP contribution in [0.1, 0.15) is 18.1 Å². The number of hydrogen-bond acceptors (Lipinski definition) is 10. The fraction of sp³-hybridized carbons (Fsp3) is 0.409. The van der Waals surface area contributed by atoms with Crippen molar-refractivity contribution in [3.05, 3.63) is 46.2 Å². The molecule has 0 bridgehead atoms. The molecular weight excluding hydrogens is 514 g/mol. The third-order valence-electron chi connectivity index (χ3n) is 7.00. The van der Waals surface area contributed by atoms with Gasteiger partial charge in [-0.3, -0.25) is 19.3 Å². The molecule has 1 amide bonds. The zero-order valence-corrected chi connectivity index (χ0v) is 24.9. The van der Waals surface area contributed by atoms with E-state index >= 15 is 0 Å².